The number of nitrogens with zero attached hydrogens (tertiary/aromatic N) is 1. The van der Waals surface area contributed by atoms with Crippen molar-refractivity contribution in [3.05, 3.63) is 48.0 Å². The van der Waals surface area contributed by atoms with Crippen LogP contribution in [0.15, 0.2) is 47.4 Å². The molecule has 182 valence electrons. The van der Waals surface area contributed by atoms with Crippen molar-refractivity contribution in [3.8, 4) is 11.5 Å². The topological polar surface area (TPSA) is 114 Å². The standard InChI is InChI=1S/C24H29N3O6S/c1-3-20-24(29)26-19-14-18(8-9-22(19)33-20)34(30,31)27-12-10-16(11-13-27)23(28)25-15-17-6-4-5-7-21(17)32-2/h4-9,14,16,20H,3,10-13,15H2,1-2H3,(H,25,28)(H,26,29)/t20-/m0/s1. The number of nitrogens with one attached hydrogen (secondary N) is 2. The SMILES string of the molecule is CC[C@@H]1Oc2ccc(S(=O)(=O)N3CCC(C(=O)NCc4ccccc4OC)CC3)cc2NC1=O. The van der Waals surface area contributed by atoms with Crippen LogP contribution in [0.3, 0.4) is 0 Å². The Bertz CT molecular complexity index is 1170. The quantitative estimate of drug-likeness (QED) is 0.620. The van der Waals surface area contributed by atoms with Crippen LogP contribution in [-0.4, -0.2) is 50.8 Å². The zero-order chi connectivity index (χ0) is 24.3. The van der Waals surface area contributed by atoms with Gasteiger partial charge in [0.05, 0.1) is 17.7 Å². The first-order valence-corrected chi connectivity index (χ1v) is 12.8. The predicted molar refractivity (Wildman–Crippen MR) is 126 cm³/mol. The van der Waals surface area contributed by atoms with Gasteiger partial charge in [-0.15, -0.1) is 0 Å². The number of piperidine rings is 1. The van der Waals surface area contributed by atoms with Crippen LogP contribution in [0, 0.1) is 5.92 Å². The molecule has 10 heteroatoms. The van der Waals surface area contributed by atoms with Crippen LogP contribution in [0.2, 0.25) is 0 Å². The number of anilines is 1. The van der Waals surface area contributed by atoms with E-state index in [0.29, 0.717) is 43.0 Å². The summed E-state index contributed by atoms with van der Waals surface area (Å²) in [7, 11) is -2.18. The maximum Gasteiger partial charge on any atom is 0.265 e. The molecule has 0 spiro atoms. The molecule has 2 aliphatic rings. The molecular formula is C24H29N3O6S. The van der Waals surface area contributed by atoms with Gasteiger partial charge in [0.1, 0.15) is 11.5 Å². The number of amides is 2. The molecule has 1 saturated heterocycles. The lowest BCUT2D eigenvalue weighted by Crippen LogP contribution is -2.43. The zero-order valence-electron chi connectivity index (χ0n) is 19.2. The average molecular weight is 488 g/mol. The summed E-state index contributed by atoms with van der Waals surface area (Å²) in [6.07, 6.45) is 0.801. The van der Waals surface area contributed by atoms with Gasteiger partial charge in [-0.2, -0.15) is 4.31 Å². The highest BCUT2D eigenvalue weighted by molar-refractivity contribution is 7.89. The zero-order valence-corrected chi connectivity index (χ0v) is 20.1. The Balaban J connectivity index is 1.36. The van der Waals surface area contributed by atoms with Crippen LogP contribution in [0.25, 0.3) is 0 Å². The van der Waals surface area contributed by atoms with E-state index in [9.17, 15) is 18.0 Å². The highest BCUT2D eigenvalue weighted by Gasteiger charge is 2.33. The molecule has 2 N–H and O–H groups in total. The summed E-state index contributed by atoms with van der Waals surface area (Å²) in [6.45, 7) is 2.68. The minimum atomic E-state index is -3.77. The number of hydrogen-bond acceptors (Lipinski definition) is 6. The predicted octanol–water partition coefficient (Wildman–Crippen LogP) is 2.52. The van der Waals surface area contributed by atoms with E-state index >= 15 is 0 Å². The molecule has 34 heavy (non-hydrogen) atoms. The second-order valence-corrected chi connectivity index (χ2v) is 10.3. The number of fused-ring (bicyclic) bond motifs is 1. The Morgan fingerprint density at radius 3 is 2.65 bits per heavy atom. The van der Waals surface area contributed by atoms with Crippen molar-refractivity contribution in [3.63, 3.8) is 0 Å². The van der Waals surface area contributed by atoms with Crippen molar-refractivity contribution in [2.75, 3.05) is 25.5 Å². The van der Waals surface area contributed by atoms with Gasteiger partial charge in [0.15, 0.2) is 6.10 Å². The summed E-state index contributed by atoms with van der Waals surface area (Å²) in [4.78, 5) is 24.8. The molecule has 2 aromatic rings. The molecule has 2 aromatic carbocycles. The molecule has 2 amide bonds. The molecule has 9 nitrogen and oxygen atoms in total. The first-order valence-electron chi connectivity index (χ1n) is 11.3. The van der Waals surface area contributed by atoms with Gasteiger partial charge in [0, 0.05) is 31.1 Å². The number of carbonyl (C=O) groups is 2. The third-order valence-electron chi connectivity index (χ3n) is 6.25. The monoisotopic (exact) mass is 487 g/mol. The lowest BCUT2D eigenvalue weighted by atomic mass is 9.97. The van der Waals surface area contributed by atoms with E-state index in [1.165, 1.54) is 16.4 Å². The van der Waals surface area contributed by atoms with Gasteiger partial charge < -0.3 is 20.1 Å². The fourth-order valence-corrected chi connectivity index (χ4v) is 5.74. The van der Waals surface area contributed by atoms with Crippen LogP contribution in [0.4, 0.5) is 5.69 Å². The van der Waals surface area contributed by atoms with E-state index in [1.807, 2.05) is 31.2 Å². The number of methoxy groups -OCH3 is 1. The van der Waals surface area contributed by atoms with Crippen molar-refractivity contribution in [2.24, 2.45) is 5.92 Å². The number of hydrogen-bond donors (Lipinski definition) is 2. The number of ether oxygens (including phenoxy) is 2. The maximum atomic E-state index is 13.2. The summed E-state index contributed by atoms with van der Waals surface area (Å²) in [6, 6.07) is 12.0. The smallest absolute Gasteiger partial charge is 0.265 e. The molecule has 0 aromatic heterocycles. The molecule has 4 rings (SSSR count). The summed E-state index contributed by atoms with van der Waals surface area (Å²) >= 11 is 0. The van der Waals surface area contributed by atoms with E-state index < -0.39 is 16.1 Å². The molecule has 0 unspecified atom stereocenters. The van der Waals surface area contributed by atoms with Crippen molar-refractivity contribution in [1.29, 1.82) is 0 Å². The number of para-hydroxylation sites is 1. The Hall–Kier alpha value is -3.11. The van der Waals surface area contributed by atoms with Crippen LogP contribution >= 0.6 is 0 Å². The van der Waals surface area contributed by atoms with Gasteiger partial charge in [-0.05, 0) is 43.5 Å². The van der Waals surface area contributed by atoms with Gasteiger partial charge in [-0.25, -0.2) is 8.42 Å². The minimum Gasteiger partial charge on any atom is -0.496 e. The molecule has 0 saturated carbocycles. The largest absolute Gasteiger partial charge is 0.496 e. The van der Waals surface area contributed by atoms with E-state index in [1.54, 1.807) is 13.2 Å². The third-order valence-corrected chi connectivity index (χ3v) is 8.14. The van der Waals surface area contributed by atoms with E-state index in [0.717, 1.165) is 5.56 Å². The van der Waals surface area contributed by atoms with Crippen LogP contribution < -0.4 is 20.1 Å². The van der Waals surface area contributed by atoms with Crippen LogP contribution in [0.5, 0.6) is 11.5 Å². The van der Waals surface area contributed by atoms with Gasteiger partial charge in [-0.1, -0.05) is 25.1 Å². The Labute approximate surface area is 199 Å². The van der Waals surface area contributed by atoms with Gasteiger partial charge in [0.25, 0.3) is 5.91 Å². The second kappa shape index (κ2) is 10.0. The minimum absolute atomic E-state index is 0.0872. The summed E-state index contributed by atoms with van der Waals surface area (Å²) in [5, 5.41) is 5.66. The third kappa shape index (κ3) is 4.88. The molecule has 0 aliphatic carbocycles. The summed E-state index contributed by atoms with van der Waals surface area (Å²) < 4.78 is 38.7. The van der Waals surface area contributed by atoms with Gasteiger partial charge >= 0.3 is 0 Å². The van der Waals surface area contributed by atoms with Crippen molar-refractivity contribution in [1.82, 2.24) is 9.62 Å². The van der Waals surface area contributed by atoms with E-state index in [-0.39, 0.29) is 35.7 Å². The molecule has 2 heterocycles. The fraction of sp³-hybridized carbons (Fsp3) is 0.417. The van der Waals surface area contributed by atoms with Gasteiger partial charge in [-0.3, -0.25) is 9.59 Å². The van der Waals surface area contributed by atoms with Crippen LogP contribution in [0.1, 0.15) is 31.7 Å². The number of benzene rings is 2. The normalized spacial score (nSPS) is 19.0. The number of rotatable bonds is 7. The molecule has 1 fully saturated rings. The molecule has 0 bridgehead atoms. The average Bonchev–Trinajstić information content (AvgIpc) is 2.86. The Morgan fingerprint density at radius 1 is 1.21 bits per heavy atom. The van der Waals surface area contributed by atoms with Crippen molar-refractivity contribution >= 4 is 27.5 Å². The molecule has 2 aliphatic heterocycles. The van der Waals surface area contributed by atoms with E-state index in [2.05, 4.69) is 10.6 Å². The highest BCUT2D eigenvalue weighted by atomic mass is 32.2. The van der Waals surface area contributed by atoms with E-state index in [4.69, 9.17) is 9.47 Å². The Morgan fingerprint density at radius 2 is 1.94 bits per heavy atom. The lowest BCUT2D eigenvalue weighted by Gasteiger charge is -2.31. The maximum absolute atomic E-state index is 13.2. The Kier molecular flexibility index (Phi) is 7.08. The van der Waals surface area contributed by atoms with Crippen molar-refractivity contribution < 1.29 is 27.5 Å². The van der Waals surface area contributed by atoms with Crippen molar-refractivity contribution in [2.45, 2.75) is 43.7 Å². The fourth-order valence-electron chi connectivity index (χ4n) is 4.24. The number of sulfonamides is 1. The van der Waals surface area contributed by atoms with Gasteiger partial charge in [0.2, 0.25) is 15.9 Å². The summed E-state index contributed by atoms with van der Waals surface area (Å²) in [5.74, 6) is 0.520. The first-order chi connectivity index (χ1) is 16.3. The highest BCUT2D eigenvalue weighted by Crippen LogP contribution is 2.34. The molecule has 1 atom stereocenters. The number of carbonyl (C=O) groups excluding carboxylic acids is 2. The summed E-state index contributed by atoms with van der Waals surface area (Å²) in [5.41, 5.74) is 1.23. The lowest BCUT2D eigenvalue weighted by molar-refractivity contribution is -0.126. The second-order valence-electron chi connectivity index (χ2n) is 8.37. The van der Waals surface area contributed by atoms with Crippen LogP contribution in [-0.2, 0) is 26.2 Å². The first kappa shape index (κ1) is 24.0. The molecule has 0 radical (unpaired) electrons. The molecular weight excluding hydrogens is 458 g/mol.